The van der Waals surface area contributed by atoms with Gasteiger partial charge in [-0.1, -0.05) is 4.40 Å². The van der Waals surface area contributed by atoms with Crippen LogP contribution in [0.5, 0.6) is 0 Å². The molecule has 0 radical (unpaired) electrons. The molecule has 0 aromatic heterocycles. The van der Waals surface area contributed by atoms with Crippen molar-refractivity contribution in [3.8, 4) is 0 Å². The molecule has 0 saturated heterocycles. The molecular formula is C3H4BF4KNO8S-. The maximum atomic E-state index is 9.75. The summed E-state index contributed by atoms with van der Waals surface area (Å²) in [6.07, 6.45) is 0.645. The van der Waals surface area contributed by atoms with Gasteiger partial charge in [0.2, 0.25) is 0 Å². The van der Waals surface area contributed by atoms with Gasteiger partial charge in [-0.05, 0) is 0 Å². The van der Waals surface area contributed by atoms with E-state index in [1.807, 2.05) is 4.40 Å². The Morgan fingerprint density at radius 2 is 1.32 bits per heavy atom. The molecule has 0 saturated carbocycles. The van der Waals surface area contributed by atoms with Crippen molar-refractivity contribution in [1.82, 2.24) is 0 Å². The van der Waals surface area contributed by atoms with E-state index in [1.165, 1.54) is 0 Å². The van der Waals surface area contributed by atoms with Gasteiger partial charge in [0.15, 0.2) is 0 Å². The number of aliphatic carboxylic acids is 2. The second-order valence-electron chi connectivity index (χ2n) is 1.74. The molecule has 0 aliphatic heterocycles. The van der Waals surface area contributed by atoms with Gasteiger partial charge < -0.3 is 28.9 Å². The first-order valence-corrected chi connectivity index (χ1v) is 4.50. The molecule has 3 N–H and O–H groups in total. The van der Waals surface area contributed by atoms with Crippen molar-refractivity contribution in [3.05, 3.63) is 0 Å². The second kappa shape index (κ2) is 12.7. The molecule has 0 fully saturated rings. The molecule has 0 unspecified atom stereocenters. The van der Waals surface area contributed by atoms with Crippen LogP contribution in [-0.2, 0) is 24.7 Å². The van der Waals surface area contributed by atoms with Gasteiger partial charge in [-0.2, -0.15) is 8.42 Å². The van der Waals surface area contributed by atoms with E-state index in [0.29, 0.717) is 6.08 Å². The van der Waals surface area contributed by atoms with Crippen LogP contribution in [0.3, 0.4) is 0 Å². The summed E-state index contributed by atoms with van der Waals surface area (Å²) in [5.74, 6) is -3.65. The van der Waals surface area contributed by atoms with Crippen molar-refractivity contribution in [2.24, 2.45) is 4.40 Å². The number of carboxylic acids is 2. The van der Waals surface area contributed by atoms with Crippen LogP contribution in [-0.4, -0.2) is 48.5 Å². The SMILES string of the molecule is F[B-](F)(F)F.O=C(O)C(=O)O.O=C=NS(=O)(=O)O.[H-].[K+]. The molecule has 16 heteroatoms. The Morgan fingerprint density at radius 1 is 1.11 bits per heavy atom. The summed E-state index contributed by atoms with van der Waals surface area (Å²) >= 11 is 0. The number of rotatable bonds is 1. The van der Waals surface area contributed by atoms with Gasteiger partial charge >= 0.3 is 80.9 Å². The first-order chi connectivity index (χ1) is 7.70. The maximum absolute atomic E-state index is 9.75. The zero-order valence-electron chi connectivity index (χ0n) is 9.83. The first kappa shape index (κ1) is 27.1. The van der Waals surface area contributed by atoms with Crippen molar-refractivity contribution >= 4 is 35.6 Å². The molecule has 0 spiro atoms. The van der Waals surface area contributed by atoms with Crippen molar-refractivity contribution < 1.29 is 108 Å². The topological polar surface area (TPSA) is 158 Å². The number of carboxylic acid groups (broad SMARTS) is 2. The number of carbonyl (C=O) groups is 2. The van der Waals surface area contributed by atoms with Crippen molar-refractivity contribution in [2.75, 3.05) is 0 Å². The standard InChI is InChI=1S/C2H2O4.CHNO4S.BF4.K.H/c3-1(4)2(5)6;3-1-2-7(4,5)6;2-1(3,4)5;;/h(H,3,4)(H,5,6);(H,4,5,6);;;/q;;-1;+1;-1. The first-order valence-electron chi connectivity index (χ1n) is 3.10. The summed E-state index contributed by atoms with van der Waals surface area (Å²) in [5, 5.41) is 14.8. The molecule has 0 rings (SSSR count). The average Bonchev–Trinajstić information content (AvgIpc) is 1.98. The molecule has 0 amide bonds. The molecule has 0 bridgehead atoms. The van der Waals surface area contributed by atoms with E-state index in [1.54, 1.807) is 0 Å². The number of carbonyl (C=O) groups excluding carboxylic acids is 1. The van der Waals surface area contributed by atoms with E-state index >= 15 is 0 Å². The minimum Gasteiger partial charge on any atom is -1.00 e. The predicted octanol–water partition coefficient (Wildman–Crippen LogP) is -3.30. The minimum absolute atomic E-state index is 0. The van der Waals surface area contributed by atoms with E-state index < -0.39 is 29.5 Å². The predicted molar refractivity (Wildman–Crippen MR) is 46.2 cm³/mol. The van der Waals surface area contributed by atoms with Gasteiger partial charge in [0.1, 0.15) is 0 Å². The van der Waals surface area contributed by atoms with Crippen LogP contribution in [0.15, 0.2) is 4.40 Å². The van der Waals surface area contributed by atoms with Gasteiger partial charge in [0.25, 0.3) is 6.08 Å². The van der Waals surface area contributed by atoms with Crippen molar-refractivity contribution in [3.63, 3.8) is 0 Å². The fourth-order valence-electron chi connectivity index (χ4n) is 0.0471. The van der Waals surface area contributed by atoms with Gasteiger partial charge in [0, 0.05) is 0 Å². The largest absolute Gasteiger partial charge is 1.00 e. The minimum atomic E-state index is -6.00. The molecule has 0 heterocycles. The van der Waals surface area contributed by atoms with Crippen LogP contribution in [0.1, 0.15) is 1.43 Å². The molecule has 9 nitrogen and oxygen atoms in total. The second-order valence-corrected chi connectivity index (χ2v) is 2.81. The molecule has 0 atom stereocenters. The van der Waals surface area contributed by atoms with Crippen LogP contribution in [0.4, 0.5) is 17.3 Å². The van der Waals surface area contributed by atoms with Gasteiger partial charge in [-0.3, -0.25) is 4.55 Å². The quantitative estimate of drug-likeness (QED) is 0.112. The van der Waals surface area contributed by atoms with E-state index in [2.05, 4.69) is 0 Å². The van der Waals surface area contributed by atoms with Crippen LogP contribution in [0, 0.1) is 0 Å². The average molecular weight is 340 g/mol. The third-order valence-electron chi connectivity index (χ3n) is 0.336. The van der Waals surface area contributed by atoms with Crippen LogP contribution in [0.25, 0.3) is 0 Å². The molecule has 0 aromatic rings. The van der Waals surface area contributed by atoms with Crippen molar-refractivity contribution in [2.45, 2.75) is 0 Å². The number of hydrogen-bond acceptors (Lipinski definition) is 5. The summed E-state index contributed by atoms with van der Waals surface area (Å²) < 4.78 is 67.3. The fraction of sp³-hybridized carbons (Fsp3) is 0. The molecule has 0 aliphatic rings. The van der Waals surface area contributed by atoms with Gasteiger partial charge in [-0.15, -0.1) is 0 Å². The van der Waals surface area contributed by atoms with Gasteiger partial charge in [0.05, 0.1) is 0 Å². The smallest absolute Gasteiger partial charge is 1.00 e. The Balaban J connectivity index is -0.0000000543. The maximum Gasteiger partial charge on any atom is 1.00 e. The summed E-state index contributed by atoms with van der Waals surface area (Å²) in [6.45, 7) is 0. The third-order valence-corrected chi connectivity index (χ3v) is 0.641. The summed E-state index contributed by atoms with van der Waals surface area (Å²) in [6, 6.07) is 0. The number of nitrogens with zero attached hydrogens (tertiary/aromatic N) is 1. The van der Waals surface area contributed by atoms with E-state index in [4.69, 9.17) is 29.1 Å². The van der Waals surface area contributed by atoms with Crippen LogP contribution >= 0.6 is 0 Å². The number of hydrogen-bond donors (Lipinski definition) is 3. The normalized spacial score (nSPS) is 9.11. The number of isocyanates is 1. The Bertz CT molecular complexity index is 417. The van der Waals surface area contributed by atoms with Crippen LogP contribution < -0.4 is 51.4 Å². The summed E-state index contributed by atoms with van der Waals surface area (Å²) in [5.41, 5.74) is 0. The molecule has 19 heavy (non-hydrogen) atoms. The number of halogens is 4. The van der Waals surface area contributed by atoms with E-state index in [0.717, 1.165) is 0 Å². The Kier molecular flexibility index (Phi) is 18.1. The molecule has 0 aromatic carbocycles. The van der Waals surface area contributed by atoms with E-state index in [-0.39, 0.29) is 52.8 Å². The summed E-state index contributed by atoms with van der Waals surface area (Å²) in [4.78, 5) is 27.2. The Morgan fingerprint density at radius 3 is 1.32 bits per heavy atom. The molecular weight excluding hydrogens is 336 g/mol. The van der Waals surface area contributed by atoms with Crippen molar-refractivity contribution in [1.29, 1.82) is 0 Å². The Labute approximate surface area is 146 Å². The molecule has 108 valence electrons. The zero-order valence-corrected chi connectivity index (χ0v) is 12.8. The van der Waals surface area contributed by atoms with Crippen LogP contribution in [0.2, 0.25) is 0 Å². The monoisotopic (exact) mass is 340 g/mol. The Hall–Kier alpha value is -0.349. The van der Waals surface area contributed by atoms with Gasteiger partial charge in [-0.25, -0.2) is 14.4 Å². The fourth-order valence-corrected chi connectivity index (χ4v) is 0.141. The van der Waals surface area contributed by atoms with E-state index in [9.17, 15) is 25.7 Å². The third kappa shape index (κ3) is 73.9. The molecule has 0 aliphatic carbocycles. The zero-order chi connectivity index (χ0) is 15.6. The summed E-state index contributed by atoms with van der Waals surface area (Å²) in [7, 11) is -10.5.